The molecule has 1 fully saturated rings. The van der Waals surface area contributed by atoms with E-state index in [4.69, 9.17) is 0 Å². The van der Waals surface area contributed by atoms with Gasteiger partial charge in [-0.15, -0.1) is 0 Å². The quantitative estimate of drug-likeness (QED) is 0.783. The molecule has 1 atom stereocenters. The third-order valence-corrected chi connectivity index (χ3v) is 4.99. The molecule has 0 radical (unpaired) electrons. The summed E-state index contributed by atoms with van der Waals surface area (Å²) < 4.78 is 0. The molecule has 0 spiro atoms. The summed E-state index contributed by atoms with van der Waals surface area (Å²) >= 11 is 0. The molecule has 5 nitrogen and oxygen atoms in total. The predicted octanol–water partition coefficient (Wildman–Crippen LogP) is 2.56. The molecule has 134 valence electrons. The number of β-amino-alcohol motifs (C(OH)–C–C–N with tert-alkyl or cyclic N) is 1. The van der Waals surface area contributed by atoms with E-state index in [2.05, 4.69) is 33.4 Å². The smallest absolute Gasteiger partial charge is 0.267 e. The van der Waals surface area contributed by atoms with Crippen LogP contribution in [0.2, 0.25) is 0 Å². The van der Waals surface area contributed by atoms with Gasteiger partial charge < -0.3 is 20.3 Å². The summed E-state index contributed by atoms with van der Waals surface area (Å²) in [5.41, 5.74) is 3.92. The molecule has 0 saturated carbocycles. The number of carbonyl (C=O) groups is 1. The van der Waals surface area contributed by atoms with E-state index in [0.717, 1.165) is 37.1 Å². The Hall–Kier alpha value is -2.11. The van der Waals surface area contributed by atoms with Gasteiger partial charge in [-0.25, -0.2) is 0 Å². The fourth-order valence-electron chi connectivity index (χ4n) is 3.46. The molecule has 3 rings (SSSR count). The topological polar surface area (TPSA) is 68.4 Å². The van der Waals surface area contributed by atoms with Crippen LogP contribution >= 0.6 is 0 Å². The average Bonchev–Trinajstić information content (AvgIpc) is 3.13. The van der Waals surface area contributed by atoms with E-state index in [1.165, 1.54) is 5.56 Å². The molecule has 1 amide bonds. The van der Waals surface area contributed by atoms with Crippen LogP contribution in [0.25, 0.3) is 0 Å². The number of nitrogens with zero attached hydrogens (tertiary/aromatic N) is 1. The number of aliphatic hydroxyl groups is 1. The first-order valence-corrected chi connectivity index (χ1v) is 8.95. The molecule has 1 unspecified atom stereocenters. The zero-order valence-electron chi connectivity index (χ0n) is 15.0. The molecule has 25 heavy (non-hydrogen) atoms. The van der Waals surface area contributed by atoms with Crippen molar-refractivity contribution in [1.29, 1.82) is 0 Å². The van der Waals surface area contributed by atoms with Crippen LogP contribution in [0.3, 0.4) is 0 Å². The van der Waals surface area contributed by atoms with Gasteiger partial charge in [-0.1, -0.05) is 23.8 Å². The van der Waals surface area contributed by atoms with Gasteiger partial charge in [0, 0.05) is 31.9 Å². The van der Waals surface area contributed by atoms with Crippen molar-refractivity contribution in [3.8, 4) is 0 Å². The van der Waals surface area contributed by atoms with Crippen molar-refractivity contribution in [2.45, 2.75) is 38.8 Å². The minimum absolute atomic E-state index is 0.0427. The number of aryl methyl sites for hydroxylation is 2. The summed E-state index contributed by atoms with van der Waals surface area (Å²) in [7, 11) is 0. The van der Waals surface area contributed by atoms with Gasteiger partial charge in [0.2, 0.25) is 0 Å². The van der Waals surface area contributed by atoms with E-state index in [1.54, 1.807) is 12.3 Å². The zero-order valence-corrected chi connectivity index (χ0v) is 15.0. The molecule has 1 aliphatic heterocycles. The number of aromatic amines is 1. The van der Waals surface area contributed by atoms with Crippen molar-refractivity contribution >= 4 is 5.91 Å². The second-order valence-electron chi connectivity index (χ2n) is 7.01. The third-order valence-electron chi connectivity index (χ3n) is 4.99. The highest BCUT2D eigenvalue weighted by molar-refractivity contribution is 5.92. The number of hydrogen-bond acceptors (Lipinski definition) is 3. The molecule has 2 aromatic rings. The highest BCUT2D eigenvalue weighted by Gasteiger charge is 2.23. The van der Waals surface area contributed by atoms with Gasteiger partial charge in [0.1, 0.15) is 5.69 Å². The monoisotopic (exact) mass is 341 g/mol. The SMILES string of the molecule is Cc1ccc(C)c(C(O)CN2CCC(NC(=O)c3ccc[nH]3)CC2)c1. The highest BCUT2D eigenvalue weighted by atomic mass is 16.3. The number of benzene rings is 1. The summed E-state index contributed by atoms with van der Waals surface area (Å²) in [4.78, 5) is 17.3. The second kappa shape index (κ2) is 7.85. The first-order chi connectivity index (χ1) is 12.0. The summed E-state index contributed by atoms with van der Waals surface area (Å²) in [5, 5.41) is 13.7. The summed E-state index contributed by atoms with van der Waals surface area (Å²) in [5.74, 6) is -0.0427. The number of carbonyl (C=O) groups excluding carboxylic acids is 1. The zero-order chi connectivity index (χ0) is 17.8. The Morgan fingerprint density at radius 2 is 2.08 bits per heavy atom. The highest BCUT2D eigenvalue weighted by Crippen LogP contribution is 2.22. The maximum absolute atomic E-state index is 12.1. The Balaban J connectivity index is 1.49. The fourth-order valence-corrected chi connectivity index (χ4v) is 3.46. The van der Waals surface area contributed by atoms with Crippen LogP contribution in [-0.2, 0) is 0 Å². The van der Waals surface area contributed by atoms with Crippen molar-refractivity contribution in [3.05, 3.63) is 58.9 Å². The van der Waals surface area contributed by atoms with Gasteiger partial charge in [-0.3, -0.25) is 4.79 Å². The van der Waals surface area contributed by atoms with Crippen LogP contribution in [0, 0.1) is 13.8 Å². The second-order valence-corrected chi connectivity index (χ2v) is 7.01. The minimum atomic E-state index is -0.468. The van der Waals surface area contributed by atoms with Crippen molar-refractivity contribution < 1.29 is 9.90 Å². The Labute approximate surface area is 149 Å². The van der Waals surface area contributed by atoms with Gasteiger partial charge in [0.25, 0.3) is 5.91 Å². The van der Waals surface area contributed by atoms with Gasteiger partial charge in [-0.2, -0.15) is 0 Å². The number of aromatic nitrogens is 1. The first-order valence-electron chi connectivity index (χ1n) is 8.95. The average molecular weight is 341 g/mol. The molecular weight excluding hydrogens is 314 g/mol. The molecule has 2 heterocycles. The number of piperidine rings is 1. The Morgan fingerprint density at radius 3 is 2.76 bits per heavy atom. The van der Waals surface area contributed by atoms with Gasteiger partial charge in [0.15, 0.2) is 0 Å². The normalized spacial score (nSPS) is 17.4. The van der Waals surface area contributed by atoms with Crippen molar-refractivity contribution in [2.75, 3.05) is 19.6 Å². The van der Waals surface area contributed by atoms with Crippen LogP contribution < -0.4 is 5.32 Å². The first kappa shape index (κ1) is 17.7. The van der Waals surface area contributed by atoms with E-state index < -0.39 is 6.10 Å². The number of hydrogen-bond donors (Lipinski definition) is 3. The van der Waals surface area contributed by atoms with Crippen LogP contribution in [0.5, 0.6) is 0 Å². The van der Waals surface area contributed by atoms with Crippen LogP contribution in [0.4, 0.5) is 0 Å². The molecular formula is C20H27N3O2. The Morgan fingerprint density at radius 1 is 1.32 bits per heavy atom. The predicted molar refractivity (Wildman–Crippen MR) is 98.6 cm³/mol. The molecule has 5 heteroatoms. The van der Waals surface area contributed by atoms with Gasteiger partial charge in [-0.05, 0) is 49.9 Å². The molecule has 0 aliphatic carbocycles. The Kier molecular flexibility index (Phi) is 5.56. The van der Waals surface area contributed by atoms with Crippen molar-refractivity contribution in [2.24, 2.45) is 0 Å². The van der Waals surface area contributed by atoms with Crippen LogP contribution in [-0.4, -0.2) is 46.6 Å². The standard InChI is InChI=1S/C20H27N3O2/c1-14-5-6-15(2)17(12-14)19(24)13-23-10-7-16(8-11-23)22-20(25)18-4-3-9-21-18/h3-6,9,12,16,19,21,24H,7-8,10-11,13H2,1-2H3,(H,22,25). The van der Waals surface area contributed by atoms with Crippen LogP contribution in [0.15, 0.2) is 36.5 Å². The largest absolute Gasteiger partial charge is 0.387 e. The van der Waals surface area contributed by atoms with E-state index in [1.807, 2.05) is 19.9 Å². The number of nitrogens with one attached hydrogen (secondary N) is 2. The van der Waals surface area contributed by atoms with Crippen molar-refractivity contribution in [3.63, 3.8) is 0 Å². The summed E-state index contributed by atoms with van der Waals surface area (Å²) in [6.07, 6.45) is 3.11. The number of likely N-dealkylation sites (tertiary alicyclic amines) is 1. The molecule has 1 aromatic carbocycles. The van der Waals surface area contributed by atoms with Crippen LogP contribution in [0.1, 0.15) is 46.1 Å². The number of amides is 1. The number of rotatable bonds is 5. The number of H-pyrrole nitrogens is 1. The van der Waals surface area contributed by atoms with E-state index >= 15 is 0 Å². The third kappa shape index (κ3) is 4.50. The van der Waals surface area contributed by atoms with E-state index in [0.29, 0.717) is 12.2 Å². The summed E-state index contributed by atoms with van der Waals surface area (Å²) in [6, 6.07) is 10.0. The lowest BCUT2D eigenvalue weighted by Gasteiger charge is -2.33. The molecule has 1 saturated heterocycles. The van der Waals surface area contributed by atoms with Crippen molar-refractivity contribution in [1.82, 2.24) is 15.2 Å². The molecule has 1 aromatic heterocycles. The lowest BCUT2D eigenvalue weighted by Crippen LogP contribution is -2.45. The molecule has 3 N–H and O–H groups in total. The maximum Gasteiger partial charge on any atom is 0.267 e. The molecule has 0 bridgehead atoms. The van der Waals surface area contributed by atoms with Gasteiger partial charge >= 0.3 is 0 Å². The summed E-state index contributed by atoms with van der Waals surface area (Å²) in [6.45, 7) is 6.51. The lowest BCUT2D eigenvalue weighted by molar-refractivity contribution is 0.0823. The Bertz CT molecular complexity index is 704. The fraction of sp³-hybridized carbons (Fsp3) is 0.450. The molecule has 1 aliphatic rings. The van der Waals surface area contributed by atoms with Gasteiger partial charge in [0.05, 0.1) is 6.10 Å². The van der Waals surface area contributed by atoms with E-state index in [-0.39, 0.29) is 11.9 Å². The minimum Gasteiger partial charge on any atom is -0.387 e. The van der Waals surface area contributed by atoms with E-state index in [9.17, 15) is 9.90 Å². The number of aliphatic hydroxyl groups excluding tert-OH is 1. The maximum atomic E-state index is 12.1. The lowest BCUT2D eigenvalue weighted by atomic mass is 9.99.